The topological polar surface area (TPSA) is 0 Å². The lowest BCUT2D eigenvalue weighted by atomic mass is 9.50. The van der Waals surface area contributed by atoms with Crippen molar-refractivity contribution < 1.29 is 0 Å². The van der Waals surface area contributed by atoms with Crippen molar-refractivity contribution in [2.75, 3.05) is 0 Å². The first kappa shape index (κ1) is 8.59. The Morgan fingerprint density at radius 2 is 1.50 bits per heavy atom. The van der Waals surface area contributed by atoms with Gasteiger partial charge in [0.05, 0.1) is 0 Å². The van der Waals surface area contributed by atoms with Crippen molar-refractivity contribution >= 4 is 0 Å². The highest BCUT2D eigenvalue weighted by molar-refractivity contribution is 5.03. The van der Waals surface area contributed by atoms with Crippen LogP contribution in [0.25, 0.3) is 0 Å². The summed E-state index contributed by atoms with van der Waals surface area (Å²) in [6, 6.07) is 0. The van der Waals surface area contributed by atoms with Crippen molar-refractivity contribution in [2.45, 2.75) is 58.8 Å². The highest BCUT2D eigenvalue weighted by Crippen LogP contribution is 2.63. The van der Waals surface area contributed by atoms with Crippen molar-refractivity contribution in [2.24, 2.45) is 17.3 Å². The fraction of sp³-hybridized carbons (Fsp3) is 1.00. The Bertz CT molecular complexity index is 141. The van der Waals surface area contributed by atoms with Gasteiger partial charge in [0, 0.05) is 0 Å². The molecule has 2 rings (SSSR count). The van der Waals surface area contributed by atoms with Gasteiger partial charge in [-0.05, 0) is 36.5 Å². The van der Waals surface area contributed by atoms with E-state index in [1.165, 1.54) is 25.7 Å². The van der Waals surface area contributed by atoms with Gasteiger partial charge in [0.2, 0.25) is 0 Å². The molecule has 0 N–H and O–H groups in total. The number of rotatable bonds is 2. The summed E-state index contributed by atoms with van der Waals surface area (Å²) in [5, 5.41) is 0. The van der Waals surface area contributed by atoms with Gasteiger partial charge in [-0.3, -0.25) is 0 Å². The maximum atomic E-state index is 2.39. The van der Waals surface area contributed by atoms with Gasteiger partial charge in [-0.25, -0.2) is 0 Å². The zero-order valence-corrected chi connectivity index (χ0v) is 8.60. The van der Waals surface area contributed by atoms with Crippen molar-refractivity contribution in [1.29, 1.82) is 0 Å². The molecule has 0 aliphatic heterocycles. The van der Waals surface area contributed by atoms with E-state index in [0.717, 1.165) is 17.3 Å². The average Bonchev–Trinajstić information content (AvgIpc) is 2.54. The van der Waals surface area contributed by atoms with E-state index in [1.54, 1.807) is 19.3 Å². The molecule has 0 heteroatoms. The third-order valence-corrected chi connectivity index (χ3v) is 4.72. The molecule has 0 amide bonds. The van der Waals surface area contributed by atoms with E-state index in [4.69, 9.17) is 0 Å². The Kier molecular flexibility index (Phi) is 2.18. The second kappa shape index (κ2) is 3.05. The predicted octanol–water partition coefficient (Wildman–Crippen LogP) is 4.00. The molecule has 2 atom stereocenters. The molecular formula is C12H22. The molecule has 0 radical (unpaired) electrons. The van der Waals surface area contributed by atoms with Crippen LogP contribution in [0.15, 0.2) is 0 Å². The lowest BCUT2D eigenvalue weighted by Gasteiger charge is -2.55. The summed E-state index contributed by atoms with van der Waals surface area (Å²) in [5.74, 6) is 2.20. The minimum absolute atomic E-state index is 0.851. The van der Waals surface area contributed by atoms with Crippen LogP contribution in [-0.2, 0) is 0 Å². The summed E-state index contributed by atoms with van der Waals surface area (Å²) in [6.07, 6.45) is 10.6. The van der Waals surface area contributed by atoms with Crippen LogP contribution in [-0.4, -0.2) is 0 Å². The molecule has 0 saturated heterocycles. The van der Waals surface area contributed by atoms with E-state index in [2.05, 4.69) is 13.8 Å². The normalized spacial score (nSPS) is 38.5. The van der Waals surface area contributed by atoms with Gasteiger partial charge in [-0.15, -0.1) is 0 Å². The summed E-state index contributed by atoms with van der Waals surface area (Å²) in [6.45, 7) is 4.77. The first-order valence-corrected chi connectivity index (χ1v) is 5.83. The molecule has 2 fully saturated rings. The Hall–Kier alpha value is 0. The van der Waals surface area contributed by atoms with E-state index in [1.807, 2.05) is 0 Å². The van der Waals surface area contributed by atoms with Gasteiger partial charge in [0.15, 0.2) is 0 Å². The van der Waals surface area contributed by atoms with Crippen LogP contribution in [0.5, 0.6) is 0 Å². The molecule has 2 saturated carbocycles. The molecule has 0 aromatic carbocycles. The third-order valence-electron chi connectivity index (χ3n) is 4.72. The molecule has 0 bridgehead atoms. The molecule has 2 aliphatic rings. The Morgan fingerprint density at radius 3 is 1.92 bits per heavy atom. The summed E-state index contributed by atoms with van der Waals surface area (Å²) >= 11 is 0. The van der Waals surface area contributed by atoms with Gasteiger partial charge in [0.25, 0.3) is 0 Å². The summed E-state index contributed by atoms with van der Waals surface area (Å²) in [4.78, 5) is 0. The second-order valence-electron chi connectivity index (χ2n) is 4.89. The van der Waals surface area contributed by atoms with E-state index in [9.17, 15) is 0 Å². The molecule has 70 valence electrons. The molecule has 2 unspecified atom stereocenters. The number of hydrogen-bond donors (Lipinski definition) is 0. The molecule has 0 aromatic rings. The van der Waals surface area contributed by atoms with Crippen LogP contribution in [0.4, 0.5) is 0 Å². The van der Waals surface area contributed by atoms with Crippen LogP contribution < -0.4 is 0 Å². The lowest BCUT2D eigenvalue weighted by Crippen LogP contribution is -2.46. The smallest absolute Gasteiger partial charge is 0.0241 e. The van der Waals surface area contributed by atoms with Gasteiger partial charge in [0.1, 0.15) is 0 Å². The van der Waals surface area contributed by atoms with Crippen LogP contribution in [0.1, 0.15) is 58.8 Å². The van der Waals surface area contributed by atoms with Crippen LogP contribution >= 0.6 is 0 Å². The maximum Gasteiger partial charge on any atom is -0.0241 e. The molecule has 2 aliphatic carbocycles. The van der Waals surface area contributed by atoms with Crippen molar-refractivity contribution in [3.05, 3.63) is 0 Å². The highest BCUT2D eigenvalue weighted by Gasteiger charge is 2.53. The first-order valence-electron chi connectivity index (χ1n) is 5.83. The zero-order chi connectivity index (χ0) is 8.60. The monoisotopic (exact) mass is 166 g/mol. The fourth-order valence-electron chi connectivity index (χ4n) is 3.98. The van der Waals surface area contributed by atoms with Gasteiger partial charge in [-0.1, -0.05) is 39.5 Å². The Labute approximate surface area is 76.7 Å². The molecule has 12 heavy (non-hydrogen) atoms. The van der Waals surface area contributed by atoms with Gasteiger partial charge >= 0.3 is 0 Å². The van der Waals surface area contributed by atoms with E-state index >= 15 is 0 Å². The second-order valence-corrected chi connectivity index (χ2v) is 4.89. The van der Waals surface area contributed by atoms with E-state index in [-0.39, 0.29) is 0 Å². The molecule has 0 nitrogen and oxygen atoms in total. The first-order chi connectivity index (χ1) is 5.83. The van der Waals surface area contributed by atoms with Gasteiger partial charge in [-0.2, -0.15) is 0 Å². The average molecular weight is 166 g/mol. The Balaban J connectivity index is 2.07. The van der Waals surface area contributed by atoms with Crippen molar-refractivity contribution in [3.63, 3.8) is 0 Å². The largest absolute Gasteiger partial charge is 0.0651 e. The summed E-state index contributed by atoms with van der Waals surface area (Å²) in [5.41, 5.74) is 0.851. The number of hydrogen-bond acceptors (Lipinski definition) is 0. The summed E-state index contributed by atoms with van der Waals surface area (Å²) in [7, 11) is 0. The maximum absolute atomic E-state index is 2.39. The van der Waals surface area contributed by atoms with Crippen LogP contribution in [0, 0.1) is 17.3 Å². The molecule has 0 heterocycles. The Morgan fingerprint density at radius 1 is 1.00 bits per heavy atom. The van der Waals surface area contributed by atoms with Crippen molar-refractivity contribution in [3.8, 4) is 0 Å². The van der Waals surface area contributed by atoms with Gasteiger partial charge < -0.3 is 0 Å². The fourth-order valence-corrected chi connectivity index (χ4v) is 3.98. The van der Waals surface area contributed by atoms with E-state index < -0.39 is 0 Å². The predicted molar refractivity (Wildman–Crippen MR) is 53.1 cm³/mol. The van der Waals surface area contributed by atoms with E-state index in [0.29, 0.717) is 0 Å². The summed E-state index contributed by atoms with van der Waals surface area (Å²) < 4.78 is 0. The minimum Gasteiger partial charge on any atom is -0.0651 e. The molecule has 1 spiro atoms. The lowest BCUT2D eigenvalue weighted by molar-refractivity contribution is -0.0527. The third kappa shape index (κ3) is 0.963. The minimum atomic E-state index is 0.851. The molecule has 0 aromatic heterocycles. The molecular weight excluding hydrogens is 144 g/mol. The van der Waals surface area contributed by atoms with Crippen LogP contribution in [0.3, 0.4) is 0 Å². The van der Waals surface area contributed by atoms with Crippen LogP contribution in [0.2, 0.25) is 0 Å². The quantitative estimate of drug-likeness (QED) is 0.581. The highest BCUT2D eigenvalue weighted by atomic mass is 14.6. The SMILES string of the molecule is CCC1CC(CC)C12CCCC2. The zero-order valence-electron chi connectivity index (χ0n) is 8.60. The standard InChI is InChI=1S/C12H22/c1-3-10-9-11(4-2)12(10)7-5-6-8-12/h10-11H,3-9H2,1-2H3. The van der Waals surface area contributed by atoms with Crippen molar-refractivity contribution in [1.82, 2.24) is 0 Å².